The van der Waals surface area contributed by atoms with Crippen LogP contribution in [0.5, 0.6) is 0 Å². The van der Waals surface area contributed by atoms with Crippen molar-refractivity contribution in [2.75, 3.05) is 26.2 Å². The van der Waals surface area contributed by atoms with Crippen LogP contribution in [-0.4, -0.2) is 59.6 Å². The lowest BCUT2D eigenvalue weighted by Gasteiger charge is -2.39. The van der Waals surface area contributed by atoms with E-state index in [9.17, 15) is 9.59 Å². The van der Waals surface area contributed by atoms with Crippen molar-refractivity contribution >= 4 is 12.0 Å². The third-order valence-corrected chi connectivity index (χ3v) is 9.52. The number of ether oxygens (including phenoxy) is 1. The van der Waals surface area contributed by atoms with E-state index in [4.69, 9.17) is 4.74 Å². The first-order valence-electron chi connectivity index (χ1n) is 17.2. The number of urea groups is 1. The van der Waals surface area contributed by atoms with Gasteiger partial charge in [0.15, 0.2) is 0 Å². The van der Waals surface area contributed by atoms with E-state index in [1.165, 1.54) is 24.8 Å². The van der Waals surface area contributed by atoms with E-state index in [-0.39, 0.29) is 12.0 Å². The molecular formula is C38H57N3O3. The Kier molecular flexibility index (Phi) is 12.7. The molecule has 1 aliphatic heterocycles. The van der Waals surface area contributed by atoms with Gasteiger partial charge in [-0.05, 0) is 101 Å². The maximum atomic E-state index is 13.2. The summed E-state index contributed by atoms with van der Waals surface area (Å²) in [6, 6.07) is 21.6. The molecule has 0 aromatic heterocycles. The number of carbonyl (C=O) groups excluding carboxylic acids is 2. The van der Waals surface area contributed by atoms with Gasteiger partial charge in [-0.25, -0.2) is 4.79 Å². The van der Waals surface area contributed by atoms with Gasteiger partial charge in [0.05, 0.1) is 0 Å². The third-order valence-electron chi connectivity index (χ3n) is 9.52. The number of rotatable bonds is 13. The Balaban J connectivity index is 1.29. The van der Waals surface area contributed by atoms with Gasteiger partial charge in [0, 0.05) is 45.2 Å². The molecule has 1 N–H and O–H groups in total. The fourth-order valence-corrected chi connectivity index (χ4v) is 7.50. The molecule has 2 fully saturated rings. The van der Waals surface area contributed by atoms with Crippen LogP contribution in [0.15, 0.2) is 60.7 Å². The number of piperidine rings is 1. The summed E-state index contributed by atoms with van der Waals surface area (Å²) in [5.74, 6) is 2.33. The highest BCUT2D eigenvalue weighted by Gasteiger charge is 2.37. The molecular weight excluding hydrogens is 546 g/mol. The highest BCUT2D eigenvalue weighted by molar-refractivity contribution is 5.74. The van der Waals surface area contributed by atoms with Gasteiger partial charge in [-0.3, -0.25) is 4.79 Å². The van der Waals surface area contributed by atoms with Crippen LogP contribution in [0.2, 0.25) is 0 Å². The summed E-state index contributed by atoms with van der Waals surface area (Å²) < 4.78 is 5.54. The summed E-state index contributed by atoms with van der Waals surface area (Å²) >= 11 is 0. The second-order valence-electron chi connectivity index (χ2n) is 14.5. The van der Waals surface area contributed by atoms with E-state index in [1.54, 1.807) is 0 Å². The molecule has 3 unspecified atom stereocenters. The first kappa shape index (κ1) is 34.0. The van der Waals surface area contributed by atoms with Gasteiger partial charge in [-0.2, -0.15) is 0 Å². The van der Waals surface area contributed by atoms with Gasteiger partial charge in [-0.15, -0.1) is 0 Å². The topological polar surface area (TPSA) is 61.9 Å². The van der Waals surface area contributed by atoms with Crippen molar-refractivity contribution < 1.29 is 14.3 Å². The molecule has 1 saturated carbocycles. The van der Waals surface area contributed by atoms with Gasteiger partial charge in [0.2, 0.25) is 0 Å². The minimum atomic E-state index is -0.417. The maximum Gasteiger partial charge on any atom is 0.317 e. The average molecular weight is 604 g/mol. The van der Waals surface area contributed by atoms with Crippen LogP contribution in [0.25, 0.3) is 0 Å². The summed E-state index contributed by atoms with van der Waals surface area (Å²) in [4.78, 5) is 30.3. The minimum absolute atomic E-state index is 0.0673. The van der Waals surface area contributed by atoms with Crippen LogP contribution in [0.1, 0.15) is 103 Å². The molecule has 4 atom stereocenters. The summed E-state index contributed by atoms with van der Waals surface area (Å²) in [5, 5.41) is 3.17. The number of amides is 2. The van der Waals surface area contributed by atoms with Crippen LogP contribution in [0.3, 0.4) is 0 Å². The highest BCUT2D eigenvalue weighted by atomic mass is 16.6. The van der Waals surface area contributed by atoms with Crippen LogP contribution < -0.4 is 5.32 Å². The molecule has 44 heavy (non-hydrogen) atoms. The van der Waals surface area contributed by atoms with Gasteiger partial charge in [0.25, 0.3) is 0 Å². The Morgan fingerprint density at radius 1 is 1.00 bits per heavy atom. The number of carbonyl (C=O) groups is 2. The van der Waals surface area contributed by atoms with Crippen molar-refractivity contribution in [1.82, 2.24) is 15.1 Å². The van der Waals surface area contributed by atoms with E-state index in [2.05, 4.69) is 71.4 Å². The number of esters is 1. The molecule has 2 amide bonds. The van der Waals surface area contributed by atoms with E-state index in [0.717, 1.165) is 57.4 Å². The van der Waals surface area contributed by atoms with Crippen LogP contribution >= 0.6 is 0 Å². The first-order valence-corrected chi connectivity index (χ1v) is 17.2. The zero-order valence-electron chi connectivity index (χ0n) is 28.0. The molecule has 1 aliphatic carbocycles. The molecule has 242 valence electrons. The molecule has 1 heterocycles. The summed E-state index contributed by atoms with van der Waals surface area (Å²) in [6.45, 7) is 14.9. The number of nitrogens with zero attached hydrogens (tertiary/aromatic N) is 2. The highest BCUT2D eigenvalue weighted by Crippen LogP contribution is 2.46. The van der Waals surface area contributed by atoms with Crippen LogP contribution in [0.4, 0.5) is 4.79 Å². The standard InChI is InChI=1S/C38H57N3O3/c1-6-21-41(37(43)39-27-30-13-9-7-10-14-30)34-19-22-40(23-20-34)28-33-25-31(26-35(33)32-15-11-8-12-16-32)24-29(2)17-18-36(42)44-38(3,4)5/h7-16,29,31,33-35H,6,17-28H2,1-5H3,(H,39,43)/t29?,31?,33-,35?/m1/s1. The lowest BCUT2D eigenvalue weighted by Crippen LogP contribution is -2.51. The number of hydrogen-bond donors (Lipinski definition) is 1. The summed E-state index contributed by atoms with van der Waals surface area (Å²) in [6.07, 6.45) is 8.09. The number of hydrogen-bond acceptors (Lipinski definition) is 4. The van der Waals surface area contributed by atoms with Crippen LogP contribution in [-0.2, 0) is 16.1 Å². The third kappa shape index (κ3) is 10.6. The first-order chi connectivity index (χ1) is 21.1. The molecule has 6 nitrogen and oxygen atoms in total. The number of nitrogens with one attached hydrogen (secondary N) is 1. The molecule has 2 aliphatic rings. The average Bonchev–Trinajstić information content (AvgIpc) is 3.40. The Morgan fingerprint density at radius 2 is 1.66 bits per heavy atom. The van der Waals surface area contributed by atoms with Crippen molar-refractivity contribution in [3.05, 3.63) is 71.8 Å². The molecule has 2 aromatic carbocycles. The Hall–Kier alpha value is -2.86. The Morgan fingerprint density at radius 3 is 2.30 bits per heavy atom. The number of likely N-dealkylation sites (tertiary alicyclic amines) is 1. The molecule has 2 aromatic rings. The van der Waals surface area contributed by atoms with Gasteiger partial charge < -0.3 is 19.9 Å². The number of benzene rings is 2. The van der Waals surface area contributed by atoms with E-state index in [0.29, 0.717) is 42.7 Å². The summed E-state index contributed by atoms with van der Waals surface area (Å²) in [5.41, 5.74) is 2.19. The zero-order chi connectivity index (χ0) is 31.5. The van der Waals surface area contributed by atoms with E-state index in [1.807, 2.05) is 39.0 Å². The largest absolute Gasteiger partial charge is 0.460 e. The fourth-order valence-electron chi connectivity index (χ4n) is 7.50. The summed E-state index contributed by atoms with van der Waals surface area (Å²) in [7, 11) is 0. The molecule has 0 bridgehead atoms. The molecule has 1 saturated heterocycles. The normalized spacial score (nSPS) is 22.0. The lowest BCUT2D eigenvalue weighted by molar-refractivity contribution is -0.155. The Labute approximate surface area is 266 Å². The minimum Gasteiger partial charge on any atom is -0.460 e. The predicted molar refractivity (Wildman–Crippen MR) is 179 cm³/mol. The second-order valence-corrected chi connectivity index (χ2v) is 14.5. The van der Waals surface area contributed by atoms with Crippen molar-refractivity contribution in [3.63, 3.8) is 0 Å². The fraction of sp³-hybridized carbons (Fsp3) is 0.632. The van der Waals surface area contributed by atoms with Crippen molar-refractivity contribution in [3.8, 4) is 0 Å². The van der Waals surface area contributed by atoms with Crippen molar-refractivity contribution in [2.24, 2.45) is 17.8 Å². The van der Waals surface area contributed by atoms with Gasteiger partial charge in [0.1, 0.15) is 5.60 Å². The van der Waals surface area contributed by atoms with E-state index >= 15 is 0 Å². The molecule has 4 rings (SSSR count). The van der Waals surface area contributed by atoms with Gasteiger partial charge >= 0.3 is 12.0 Å². The lowest BCUT2D eigenvalue weighted by atomic mass is 9.87. The smallest absolute Gasteiger partial charge is 0.317 e. The van der Waals surface area contributed by atoms with Crippen molar-refractivity contribution in [2.45, 2.75) is 110 Å². The molecule has 0 radical (unpaired) electrons. The SMILES string of the molecule is CCCN(C(=O)NCc1ccccc1)C1CCN(C[C@H]2CC(CC(C)CCC(=O)OC(C)(C)C)CC2c2ccccc2)CC1. The van der Waals surface area contributed by atoms with Gasteiger partial charge in [-0.1, -0.05) is 74.5 Å². The monoisotopic (exact) mass is 603 g/mol. The van der Waals surface area contributed by atoms with E-state index < -0.39 is 5.60 Å². The maximum absolute atomic E-state index is 13.2. The zero-order valence-corrected chi connectivity index (χ0v) is 28.0. The Bertz CT molecular complexity index is 1140. The quantitative estimate of drug-likeness (QED) is 0.236. The van der Waals surface area contributed by atoms with Crippen molar-refractivity contribution in [1.29, 1.82) is 0 Å². The predicted octanol–water partition coefficient (Wildman–Crippen LogP) is 8.03. The second kappa shape index (κ2) is 16.5. The molecule has 6 heteroatoms. The van der Waals surface area contributed by atoms with Crippen LogP contribution in [0, 0.1) is 17.8 Å². The molecule has 0 spiro atoms.